The second-order valence-electron chi connectivity index (χ2n) is 34.8. The van der Waals surface area contributed by atoms with Crippen LogP contribution in [0.25, 0.3) is 11.1 Å². The van der Waals surface area contributed by atoms with Crippen molar-refractivity contribution < 1.29 is 122 Å². The first-order valence-electron chi connectivity index (χ1n) is 41.8. The van der Waals surface area contributed by atoms with E-state index in [0.29, 0.717) is 37.6 Å². The quantitative estimate of drug-likeness (QED) is 0.0309. The van der Waals surface area contributed by atoms with Gasteiger partial charge in [0.15, 0.2) is 41.2 Å². The summed E-state index contributed by atoms with van der Waals surface area (Å²) in [5.41, 5.74) is 3.57. The van der Waals surface area contributed by atoms with Gasteiger partial charge in [-0.15, -0.1) is 0 Å². The van der Waals surface area contributed by atoms with Crippen LogP contribution < -0.4 is 51.8 Å². The number of amides is 6. The van der Waals surface area contributed by atoms with Gasteiger partial charge < -0.3 is 111 Å². The number of rotatable bonds is 22. The first kappa shape index (κ1) is 90.7. The Bertz CT molecular complexity index is 4750. The van der Waals surface area contributed by atoms with E-state index in [4.69, 9.17) is 62.1 Å². The first-order chi connectivity index (χ1) is 58.0. The number of nitrogens with one attached hydrogen (secondary N) is 6. The van der Waals surface area contributed by atoms with Crippen LogP contribution in [-0.2, 0) is 62.1 Å². The van der Waals surface area contributed by atoms with Gasteiger partial charge in [-0.2, -0.15) is 0 Å². The molecule has 0 spiro atoms. The molecule has 4 aliphatic carbocycles. The fourth-order valence-electron chi connectivity index (χ4n) is 19.0. The number of phenolic OH excluding ortho intramolecular Hbond substituents is 3. The Morgan fingerprint density at radius 3 is 1.96 bits per heavy atom. The van der Waals surface area contributed by atoms with Crippen LogP contribution in [0.5, 0.6) is 46.0 Å². The summed E-state index contributed by atoms with van der Waals surface area (Å²) in [7, 11) is 1.77. The number of imide groups is 1. The number of halogens is 2. The highest BCUT2D eigenvalue weighted by atomic mass is 35.5. The Morgan fingerprint density at radius 2 is 1.34 bits per heavy atom. The maximum Gasteiger partial charge on any atom is 0.255 e. The summed E-state index contributed by atoms with van der Waals surface area (Å²) in [4.78, 5) is 139. The van der Waals surface area contributed by atoms with E-state index in [0.717, 1.165) is 62.4 Å². The minimum absolute atomic E-state index is 0.0467. The van der Waals surface area contributed by atoms with Gasteiger partial charge in [-0.3, -0.25) is 48.5 Å². The molecule has 15 bridgehead atoms. The highest BCUT2D eigenvalue weighted by molar-refractivity contribution is 6.32. The summed E-state index contributed by atoms with van der Waals surface area (Å²) >= 11 is 14.5. The minimum atomic E-state index is -2.24. The maximum atomic E-state index is 16.8. The number of carbonyl (C=O) groups is 9. The highest BCUT2D eigenvalue weighted by Gasteiger charge is 2.53. The predicted molar refractivity (Wildman–Crippen MR) is 438 cm³/mol. The summed E-state index contributed by atoms with van der Waals surface area (Å²) in [6.07, 6.45) is -15.5. The summed E-state index contributed by atoms with van der Waals surface area (Å²) in [6.45, 7) is 9.72. The lowest BCUT2D eigenvalue weighted by Crippen LogP contribution is -2.64. The van der Waals surface area contributed by atoms with E-state index in [-0.39, 0.29) is 110 Å². The van der Waals surface area contributed by atoms with E-state index in [1.54, 1.807) is 14.0 Å². The number of hydrogen-bond donors (Lipinski definition) is 16. The number of aromatic hydroxyl groups is 3. The zero-order valence-corrected chi connectivity index (χ0v) is 70.3. The summed E-state index contributed by atoms with van der Waals surface area (Å²) in [5, 5.41) is 122. The molecule has 11 aliphatic rings. The Kier molecular flexibility index (Phi) is 28.4. The molecule has 32 nitrogen and oxygen atoms in total. The molecule has 5 aromatic carbocycles. The normalized spacial score (nSPS) is 31.3. The summed E-state index contributed by atoms with van der Waals surface area (Å²) in [5.74, 6) is -17.0. The smallest absolute Gasteiger partial charge is 0.255 e. The number of fused-ring (bicyclic) bond motifs is 15. The van der Waals surface area contributed by atoms with Gasteiger partial charge in [0.05, 0.1) is 40.7 Å². The molecule has 2 saturated heterocycles. The zero-order valence-electron chi connectivity index (χ0n) is 68.8. The molecule has 6 amide bonds. The molecule has 4 saturated carbocycles. The monoisotopic (exact) mass is 1730 g/mol. The molecular formula is C88H109Cl2N7O25. The topological polar surface area (TPSA) is 499 Å². The van der Waals surface area contributed by atoms with Crippen molar-refractivity contribution in [3.8, 4) is 57.1 Å². The first-order valence-corrected chi connectivity index (χ1v) is 42.6. The Balaban J connectivity index is 1.01. The van der Waals surface area contributed by atoms with E-state index >= 15 is 28.8 Å². The largest absolute Gasteiger partial charge is 0.508 e. The SMILES string of the molecule is CC[C@H](CC(C)C)C(=O)N[C@H]1C(=O)C[C@@H](CC(=O)NC(=O)C(C)OCCCCNC)C(=O)N[C@H]2C(=O)C[C@H]3C(=O)N[C@H](C(=O)N[C@H](C(=O)CC4C5CC6CC(C5)CC4C6)c4cc(O)cc(O)c4-c4cc3ccc4O)[C@H](O)c3ccc(c(Cl)c3)Oc3cc2cc(c3O[C@@H]2O[C@H](CO)[C@@H](O)[C@H](O)[C@H]2O[C@H]2C[C@](C)(N)[C@H](O)[C@H](C)O2)Oc2ccc(cc2Cl)[C@H]1O. The van der Waals surface area contributed by atoms with Crippen molar-refractivity contribution in [3.05, 3.63) is 117 Å². The highest BCUT2D eigenvalue weighted by Crippen LogP contribution is 2.59. The van der Waals surface area contributed by atoms with Gasteiger partial charge in [-0.25, -0.2) is 0 Å². The van der Waals surface area contributed by atoms with Crippen LogP contribution in [0.15, 0.2) is 78.9 Å². The number of nitrogens with two attached hydrogens (primary N) is 1. The van der Waals surface area contributed by atoms with Crippen molar-refractivity contribution in [2.45, 2.75) is 235 Å². The van der Waals surface area contributed by atoms with Crippen molar-refractivity contribution >= 4 is 76.0 Å². The second kappa shape index (κ2) is 38.2. The molecule has 5 aromatic rings. The van der Waals surface area contributed by atoms with Crippen LogP contribution in [0.2, 0.25) is 10.0 Å². The van der Waals surface area contributed by atoms with Gasteiger partial charge in [0.25, 0.3) is 5.91 Å². The predicted octanol–water partition coefficient (Wildman–Crippen LogP) is 7.03. The molecule has 122 heavy (non-hydrogen) atoms. The zero-order chi connectivity index (χ0) is 87.8. The molecule has 7 heterocycles. The molecule has 19 atom stereocenters. The van der Waals surface area contributed by atoms with Gasteiger partial charge in [-0.05, 0) is 210 Å². The van der Waals surface area contributed by atoms with E-state index < -0.39 is 228 Å². The van der Waals surface area contributed by atoms with Crippen LogP contribution in [-0.4, -0.2) is 198 Å². The Hall–Kier alpha value is -8.97. The minimum Gasteiger partial charge on any atom is -0.508 e. The molecule has 6 fully saturated rings. The van der Waals surface area contributed by atoms with Crippen molar-refractivity contribution in [2.24, 2.45) is 53.1 Å². The number of unbranched alkanes of at least 4 members (excludes halogenated alkanes) is 1. The number of phenols is 3. The average molecular weight is 1740 g/mol. The molecule has 34 heteroatoms. The number of aliphatic hydroxyl groups excluding tert-OH is 6. The molecule has 0 radical (unpaired) electrons. The number of carbonyl (C=O) groups excluding carboxylic acids is 9. The number of Topliss-reactive ketones (excluding diaryl/α,β-unsaturated/α-hetero) is 3. The van der Waals surface area contributed by atoms with Crippen molar-refractivity contribution in [3.63, 3.8) is 0 Å². The number of ether oxygens (including phenoxy) is 7. The third-order valence-electron chi connectivity index (χ3n) is 25.4. The van der Waals surface area contributed by atoms with Crippen LogP contribution in [0.4, 0.5) is 0 Å². The molecule has 7 aliphatic heterocycles. The van der Waals surface area contributed by atoms with Gasteiger partial charge in [-0.1, -0.05) is 62.2 Å². The van der Waals surface area contributed by atoms with Crippen LogP contribution in [0, 0.1) is 47.3 Å². The number of benzene rings is 5. The Morgan fingerprint density at radius 1 is 0.697 bits per heavy atom. The number of aliphatic hydroxyl groups is 6. The van der Waals surface area contributed by atoms with E-state index in [9.17, 15) is 60.3 Å². The van der Waals surface area contributed by atoms with E-state index in [1.165, 1.54) is 69.3 Å². The van der Waals surface area contributed by atoms with Gasteiger partial charge in [0.2, 0.25) is 41.6 Å². The average Bonchev–Trinajstić information content (AvgIpc) is 0.756. The lowest BCUT2D eigenvalue weighted by molar-refractivity contribution is -0.333. The molecular weight excluding hydrogens is 1630 g/mol. The molecule has 660 valence electrons. The van der Waals surface area contributed by atoms with Gasteiger partial charge in [0, 0.05) is 67.4 Å². The van der Waals surface area contributed by atoms with Crippen LogP contribution in [0.1, 0.15) is 189 Å². The summed E-state index contributed by atoms with van der Waals surface area (Å²) in [6, 6.07) is 7.16. The molecule has 17 N–H and O–H groups in total. The molecule has 16 rings (SSSR count). The fraction of sp³-hybridized carbons (Fsp3) is 0.557. The lowest BCUT2D eigenvalue weighted by Gasteiger charge is -2.54. The van der Waals surface area contributed by atoms with Crippen LogP contribution >= 0.6 is 23.2 Å². The van der Waals surface area contributed by atoms with Crippen LogP contribution in [0.3, 0.4) is 0 Å². The second-order valence-corrected chi connectivity index (χ2v) is 35.6. The van der Waals surface area contributed by atoms with E-state index in [2.05, 4.69) is 31.9 Å². The van der Waals surface area contributed by atoms with Gasteiger partial charge >= 0.3 is 0 Å². The van der Waals surface area contributed by atoms with Crippen molar-refractivity contribution in [2.75, 3.05) is 26.8 Å². The Labute approximate surface area is 714 Å². The standard InChI is InChI=1S/C88H109Cl2N7O25/c1-8-43(19-38(2)3)83(112)96-73-60(102)28-50(31-68(105)93-82(111)40(5)116-18-10-9-17-92-7)84(113)94-71-49-29-65(118-63-15-12-45(75(73)106)26-56(63)89)79(122-87-80(78(109)77(108)67(37-98)120-87)121-69-36-88(6,91)81(110)39(4)117-69)66(30-49)119-64-16-13-46(27-57(64)90)76(107)74-86(115)95-72(62(104)34-52-47-21-41-20-42(23-47)24-48(52)22-41)55-32-51(99)33-59(101)70(55)54-25-44(11-14-58(54)100)53(35-61(71)103)85(114)97-74/h11-16,25-27,29-30,32-33,38-43,47-48,50,52-53,67,69,71-78,80-81,87,92,98-101,106-110H,8-10,17-24,28,31,34-37,91H2,1-7H3,(H,94,113)(H,95,115)(H,96,112)(H,97,114)(H,93,105,111)/t39-,40?,41?,42?,43+,47?,48?,50-,52?,53+,67+,69-,71+,72-,73-,74-,75+,76+,77+,78-,80+,81+,87-,88-/m0/s1. The molecule has 0 aromatic heterocycles. The maximum absolute atomic E-state index is 16.8. The number of hydrogen-bond acceptors (Lipinski definition) is 27. The number of ketones is 3. The van der Waals surface area contributed by atoms with E-state index in [1.807, 2.05) is 13.8 Å². The fourth-order valence-corrected chi connectivity index (χ4v) is 19.5. The third kappa shape index (κ3) is 19.9. The lowest BCUT2D eigenvalue weighted by atomic mass is 9.51. The van der Waals surface area contributed by atoms with Crippen molar-refractivity contribution in [1.29, 1.82) is 0 Å². The third-order valence-corrected chi connectivity index (χ3v) is 25.9. The van der Waals surface area contributed by atoms with Gasteiger partial charge in [0.1, 0.15) is 89.5 Å². The summed E-state index contributed by atoms with van der Waals surface area (Å²) < 4.78 is 45.0. The molecule has 1 unspecified atom stereocenters. The van der Waals surface area contributed by atoms with Crippen molar-refractivity contribution in [1.82, 2.24) is 31.9 Å².